The Bertz CT molecular complexity index is 861. The van der Waals surface area contributed by atoms with Gasteiger partial charge in [-0.25, -0.2) is 9.18 Å². The summed E-state index contributed by atoms with van der Waals surface area (Å²) in [7, 11) is 0. The number of carbonyl (C=O) groups excluding carboxylic acids is 1. The zero-order valence-corrected chi connectivity index (χ0v) is 17.6. The Hall–Kier alpha value is -2.11. The van der Waals surface area contributed by atoms with Crippen LogP contribution >= 0.6 is 11.6 Å². The van der Waals surface area contributed by atoms with Crippen LogP contribution in [0.1, 0.15) is 38.3 Å². The topological polar surface area (TPSA) is 35.6 Å². The smallest absolute Gasteiger partial charge is 0.321 e. The molecule has 0 aliphatic carbocycles. The third-order valence-electron chi connectivity index (χ3n) is 6.40. The molecule has 0 aromatic heterocycles. The molecule has 29 heavy (non-hydrogen) atoms. The number of hydrogen-bond acceptors (Lipinski definition) is 2. The fourth-order valence-corrected chi connectivity index (χ4v) is 4.90. The number of carbonyl (C=O) groups is 1. The summed E-state index contributed by atoms with van der Waals surface area (Å²) >= 11 is 6.10. The fraction of sp³-hybridized carbons (Fsp3) is 0.435. The molecule has 2 amide bonds. The van der Waals surface area contributed by atoms with Gasteiger partial charge in [-0.15, -0.1) is 0 Å². The standard InChI is InChI=1S/C23H27ClFN3O/c1-16(2)28-15-23(21(28)17-3-5-18(24)6-4-17)11-13-27(14-12-23)22(29)26-20-9-7-19(25)8-10-20/h3-10,16,21H,11-15H2,1-2H3,(H,26,29). The molecular formula is C23H27ClFN3O. The first-order chi connectivity index (χ1) is 13.9. The van der Waals surface area contributed by atoms with Gasteiger partial charge >= 0.3 is 6.03 Å². The van der Waals surface area contributed by atoms with E-state index in [4.69, 9.17) is 11.6 Å². The molecule has 1 spiro atoms. The normalized spacial score (nSPS) is 21.3. The maximum absolute atomic E-state index is 13.1. The molecule has 0 bridgehead atoms. The van der Waals surface area contributed by atoms with E-state index >= 15 is 0 Å². The SMILES string of the molecule is CC(C)N1CC2(CCN(C(=O)Nc3ccc(F)cc3)CC2)C1c1ccc(Cl)cc1. The van der Waals surface area contributed by atoms with Gasteiger partial charge in [0.2, 0.25) is 0 Å². The van der Waals surface area contributed by atoms with E-state index in [1.165, 1.54) is 17.7 Å². The second-order valence-electron chi connectivity index (χ2n) is 8.51. The molecule has 4 nitrogen and oxygen atoms in total. The minimum Gasteiger partial charge on any atom is -0.324 e. The molecule has 1 N–H and O–H groups in total. The van der Waals surface area contributed by atoms with Crippen molar-refractivity contribution in [2.75, 3.05) is 25.0 Å². The highest BCUT2D eigenvalue weighted by Crippen LogP contribution is 2.55. The quantitative estimate of drug-likeness (QED) is 0.712. The van der Waals surface area contributed by atoms with E-state index < -0.39 is 0 Å². The molecular weight excluding hydrogens is 389 g/mol. The van der Waals surface area contributed by atoms with Crippen LogP contribution in [-0.2, 0) is 0 Å². The molecule has 2 fully saturated rings. The van der Waals surface area contributed by atoms with Crippen molar-refractivity contribution in [3.63, 3.8) is 0 Å². The molecule has 2 aromatic rings. The minimum absolute atomic E-state index is 0.116. The van der Waals surface area contributed by atoms with Crippen LogP contribution in [0.2, 0.25) is 5.02 Å². The lowest BCUT2D eigenvalue weighted by Gasteiger charge is -2.62. The summed E-state index contributed by atoms with van der Waals surface area (Å²) in [6.45, 7) is 6.99. The Kier molecular flexibility index (Phi) is 5.54. The highest BCUT2D eigenvalue weighted by atomic mass is 35.5. The van der Waals surface area contributed by atoms with Crippen molar-refractivity contribution in [2.24, 2.45) is 5.41 Å². The van der Waals surface area contributed by atoms with Crippen molar-refractivity contribution < 1.29 is 9.18 Å². The van der Waals surface area contributed by atoms with E-state index in [1.807, 2.05) is 17.0 Å². The van der Waals surface area contributed by atoms with E-state index in [1.54, 1.807) is 12.1 Å². The van der Waals surface area contributed by atoms with Gasteiger partial charge in [0.1, 0.15) is 5.82 Å². The number of benzene rings is 2. The van der Waals surface area contributed by atoms with Gasteiger partial charge < -0.3 is 10.2 Å². The lowest BCUT2D eigenvalue weighted by atomic mass is 9.62. The van der Waals surface area contributed by atoms with E-state index in [0.29, 0.717) is 17.8 Å². The van der Waals surface area contributed by atoms with Gasteiger partial charge in [0.25, 0.3) is 0 Å². The number of amides is 2. The molecule has 2 aromatic carbocycles. The van der Waals surface area contributed by atoms with Gasteiger partial charge in [0.15, 0.2) is 0 Å². The van der Waals surface area contributed by atoms with Crippen LogP contribution in [0.3, 0.4) is 0 Å². The van der Waals surface area contributed by atoms with E-state index in [2.05, 4.69) is 36.2 Å². The molecule has 154 valence electrons. The zero-order chi connectivity index (χ0) is 20.6. The number of halogens is 2. The second-order valence-corrected chi connectivity index (χ2v) is 8.94. The Morgan fingerprint density at radius 2 is 1.72 bits per heavy atom. The average molecular weight is 416 g/mol. The van der Waals surface area contributed by atoms with Crippen LogP contribution < -0.4 is 5.32 Å². The Morgan fingerprint density at radius 1 is 1.10 bits per heavy atom. The monoisotopic (exact) mass is 415 g/mol. The van der Waals surface area contributed by atoms with Crippen molar-refractivity contribution in [1.82, 2.24) is 9.80 Å². The Balaban J connectivity index is 1.43. The predicted octanol–water partition coefficient (Wildman–Crippen LogP) is 5.56. The molecule has 2 aliphatic rings. The van der Waals surface area contributed by atoms with Crippen LogP contribution in [0.5, 0.6) is 0 Å². The molecule has 0 radical (unpaired) electrons. The van der Waals surface area contributed by atoms with Gasteiger partial charge in [-0.05, 0) is 68.7 Å². The van der Waals surface area contributed by atoms with Crippen LogP contribution in [0.25, 0.3) is 0 Å². The number of piperidine rings is 1. The lowest BCUT2D eigenvalue weighted by Crippen LogP contribution is -2.64. The first-order valence-electron chi connectivity index (χ1n) is 10.2. The minimum atomic E-state index is -0.309. The number of anilines is 1. The lowest BCUT2D eigenvalue weighted by molar-refractivity contribution is -0.123. The molecule has 0 saturated carbocycles. The summed E-state index contributed by atoms with van der Waals surface area (Å²) in [4.78, 5) is 17.0. The molecule has 4 rings (SSSR count). The van der Waals surface area contributed by atoms with Crippen molar-refractivity contribution in [3.8, 4) is 0 Å². The predicted molar refractivity (Wildman–Crippen MR) is 115 cm³/mol. The maximum atomic E-state index is 13.1. The first kappa shape index (κ1) is 20.2. The maximum Gasteiger partial charge on any atom is 0.321 e. The summed E-state index contributed by atoms with van der Waals surface area (Å²) in [6, 6.07) is 14.8. The Morgan fingerprint density at radius 3 is 2.31 bits per heavy atom. The van der Waals surface area contributed by atoms with Crippen molar-refractivity contribution in [3.05, 3.63) is 64.9 Å². The summed E-state index contributed by atoms with van der Waals surface area (Å²) in [5, 5.41) is 3.63. The van der Waals surface area contributed by atoms with Crippen molar-refractivity contribution in [1.29, 1.82) is 0 Å². The number of nitrogens with zero attached hydrogens (tertiary/aromatic N) is 2. The summed E-state index contributed by atoms with van der Waals surface area (Å²) in [6.07, 6.45) is 1.95. The van der Waals surface area contributed by atoms with Gasteiger partial charge in [-0.1, -0.05) is 23.7 Å². The first-order valence-corrected chi connectivity index (χ1v) is 10.6. The van der Waals surface area contributed by atoms with Gasteiger partial charge in [0.05, 0.1) is 0 Å². The Labute approximate surface area is 176 Å². The fourth-order valence-electron chi connectivity index (χ4n) is 4.77. The van der Waals surface area contributed by atoms with Crippen LogP contribution in [0.15, 0.2) is 48.5 Å². The number of hydrogen-bond donors (Lipinski definition) is 1. The van der Waals surface area contributed by atoms with E-state index in [9.17, 15) is 9.18 Å². The molecule has 2 heterocycles. The molecule has 6 heteroatoms. The number of rotatable bonds is 3. The number of urea groups is 1. The van der Waals surface area contributed by atoms with Gasteiger partial charge in [0, 0.05) is 47.8 Å². The van der Waals surface area contributed by atoms with Crippen LogP contribution in [0, 0.1) is 11.2 Å². The van der Waals surface area contributed by atoms with Gasteiger partial charge in [-0.2, -0.15) is 0 Å². The average Bonchev–Trinajstić information content (AvgIpc) is 2.70. The molecule has 2 saturated heterocycles. The highest BCUT2D eigenvalue weighted by molar-refractivity contribution is 6.30. The summed E-state index contributed by atoms with van der Waals surface area (Å²) in [5.74, 6) is -0.309. The van der Waals surface area contributed by atoms with E-state index in [0.717, 1.165) is 37.5 Å². The van der Waals surface area contributed by atoms with Gasteiger partial charge in [-0.3, -0.25) is 4.90 Å². The third kappa shape index (κ3) is 3.99. The summed E-state index contributed by atoms with van der Waals surface area (Å²) in [5.41, 5.74) is 2.12. The van der Waals surface area contributed by atoms with Crippen LogP contribution in [0.4, 0.5) is 14.9 Å². The molecule has 1 atom stereocenters. The van der Waals surface area contributed by atoms with Crippen molar-refractivity contribution in [2.45, 2.75) is 38.8 Å². The third-order valence-corrected chi connectivity index (χ3v) is 6.65. The highest BCUT2D eigenvalue weighted by Gasteiger charge is 2.54. The number of nitrogens with one attached hydrogen (secondary N) is 1. The van der Waals surface area contributed by atoms with E-state index in [-0.39, 0.29) is 17.3 Å². The zero-order valence-electron chi connectivity index (χ0n) is 16.9. The summed E-state index contributed by atoms with van der Waals surface area (Å²) < 4.78 is 13.1. The number of likely N-dealkylation sites (tertiary alicyclic amines) is 2. The van der Waals surface area contributed by atoms with Crippen molar-refractivity contribution >= 4 is 23.3 Å². The second kappa shape index (κ2) is 7.96. The molecule has 2 aliphatic heterocycles. The molecule has 1 unspecified atom stereocenters. The largest absolute Gasteiger partial charge is 0.324 e. The van der Waals surface area contributed by atoms with Crippen LogP contribution in [-0.4, -0.2) is 41.5 Å².